The van der Waals surface area contributed by atoms with Gasteiger partial charge in [0.2, 0.25) is 0 Å². The van der Waals surface area contributed by atoms with Crippen molar-refractivity contribution in [3.8, 4) is 0 Å². The van der Waals surface area contributed by atoms with Gasteiger partial charge in [0, 0.05) is 10.9 Å². The largest absolute Gasteiger partial charge is 0.324 e. The number of hydrogen-bond donors (Lipinski definition) is 1. The standard InChI is InChI=1S/C7H10BrNS/c1-4(9)6-3-7(8)10-5(6)2/h3-4H,9H2,1-2H3/t4-/m1/s1. The van der Waals surface area contributed by atoms with E-state index in [0.717, 1.165) is 3.79 Å². The topological polar surface area (TPSA) is 26.0 Å². The molecule has 0 saturated heterocycles. The van der Waals surface area contributed by atoms with Crippen LogP contribution in [0.15, 0.2) is 9.85 Å². The Kier molecular flexibility index (Phi) is 2.50. The molecular weight excluding hydrogens is 210 g/mol. The first-order chi connectivity index (χ1) is 4.61. The molecule has 1 rings (SSSR count). The van der Waals surface area contributed by atoms with Crippen molar-refractivity contribution in [2.45, 2.75) is 19.9 Å². The summed E-state index contributed by atoms with van der Waals surface area (Å²) in [5, 5.41) is 0. The fourth-order valence-electron chi connectivity index (χ4n) is 0.911. The SMILES string of the molecule is Cc1sc(Br)cc1[C@@H](C)N. The number of halogens is 1. The minimum atomic E-state index is 0.155. The van der Waals surface area contributed by atoms with Gasteiger partial charge < -0.3 is 5.73 Å². The molecule has 0 aromatic carbocycles. The zero-order chi connectivity index (χ0) is 7.72. The van der Waals surface area contributed by atoms with Gasteiger partial charge in [-0.1, -0.05) is 0 Å². The van der Waals surface area contributed by atoms with Gasteiger partial charge in [-0.3, -0.25) is 0 Å². The third-order valence-electron chi connectivity index (χ3n) is 1.42. The maximum atomic E-state index is 5.71. The summed E-state index contributed by atoms with van der Waals surface area (Å²) >= 11 is 5.15. The van der Waals surface area contributed by atoms with E-state index in [-0.39, 0.29) is 6.04 Å². The monoisotopic (exact) mass is 219 g/mol. The highest BCUT2D eigenvalue weighted by Crippen LogP contribution is 2.29. The van der Waals surface area contributed by atoms with Gasteiger partial charge in [0.15, 0.2) is 0 Å². The molecule has 0 aliphatic heterocycles. The lowest BCUT2D eigenvalue weighted by atomic mass is 10.1. The van der Waals surface area contributed by atoms with Crippen LogP contribution >= 0.6 is 27.3 Å². The Morgan fingerprint density at radius 2 is 2.30 bits per heavy atom. The maximum absolute atomic E-state index is 5.71. The molecular formula is C7H10BrNS. The first-order valence-corrected chi connectivity index (χ1v) is 4.73. The molecule has 0 fully saturated rings. The molecule has 0 amide bonds. The molecule has 10 heavy (non-hydrogen) atoms. The van der Waals surface area contributed by atoms with E-state index in [1.54, 1.807) is 11.3 Å². The van der Waals surface area contributed by atoms with Gasteiger partial charge in [0.05, 0.1) is 3.79 Å². The van der Waals surface area contributed by atoms with Crippen molar-refractivity contribution in [2.75, 3.05) is 0 Å². The molecule has 1 aromatic heterocycles. The highest BCUT2D eigenvalue weighted by atomic mass is 79.9. The van der Waals surface area contributed by atoms with Crippen LogP contribution in [0.4, 0.5) is 0 Å². The van der Waals surface area contributed by atoms with Crippen LogP contribution in [0, 0.1) is 6.92 Å². The number of thiophene rings is 1. The molecule has 56 valence electrons. The van der Waals surface area contributed by atoms with E-state index in [9.17, 15) is 0 Å². The minimum Gasteiger partial charge on any atom is -0.324 e. The Labute approximate surface area is 73.4 Å². The summed E-state index contributed by atoms with van der Waals surface area (Å²) in [4.78, 5) is 1.31. The second-order valence-corrected chi connectivity index (χ2v) is 4.99. The van der Waals surface area contributed by atoms with Gasteiger partial charge in [-0.25, -0.2) is 0 Å². The molecule has 0 spiro atoms. The first-order valence-electron chi connectivity index (χ1n) is 3.12. The fourth-order valence-corrected chi connectivity index (χ4v) is 2.73. The average Bonchev–Trinajstić information content (AvgIpc) is 2.10. The van der Waals surface area contributed by atoms with Gasteiger partial charge in [0.25, 0.3) is 0 Å². The predicted molar refractivity (Wildman–Crippen MR) is 49.4 cm³/mol. The van der Waals surface area contributed by atoms with Crippen LogP contribution in [0.2, 0.25) is 0 Å². The fraction of sp³-hybridized carbons (Fsp3) is 0.429. The van der Waals surface area contributed by atoms with E-state index in [0.29, 0.717) is 0 Å². The summed E-state index contributed by atoms with van der Waals surface area (Å²) in [6, 6.07) is 2.24. The van der Waals surface area contributed by atoms with Crippen molar-refractivity contribution in [1.82, 2.24) is 0 Å². The Hall–Kier alpha value is 0.140. The number of hydrogen-bond acceptors (Lipinski definition) is 2. The van der Waals surface area contributed by atoms with Crippen LogP contribution in [0.1, 0.15) is 23.4 Å². The summed E-state index contributed by atoms with van der Waals surface area (Å²) in [6.45, 7) is 4.09. The average molecular weight is 220 g/mol. The highest BCUT2D eigenvalue weighted by molar-refractivity contribution is 9.11. The number of aryl methyl sites for hydroxylation is 1. The number of nitrogens with two attached hydrogens (primary N) is 1. The van der Waals surface area contributed by atoms with Gasteiger partial charge in [-0.05, 0) is 41.4 Å². The van der Waals surface area contributed by atoms with Crippen LogP contribution < -0.4 is 5.73 Å². The van der Waals surface area contributed by atoms with E-state index in [4.69, 9.17) is 5.73 Å². The van der Waals surface area contributed by atoms with Gasteiger partial charge in [0.1, 0.15) is 0 Å². The van der Waals surface area contributed by atoms with E-state index in [1.165, 1.54) is 10.4 Å². The molecule has 0 unspecified atom stereocenters. The van der Waals surface area contributed by atoms with Crippen molar-refractivity contribution < 1.29 is 0 Å². The Morgan fingerprint density at radius 1 is 1.70 bits per heavy atom. The van der Waals surface area contributed by atoms with Crippen molar-refractivity contribution in [3.63, 3.8) is 0 Å². The molecule has 1 aromatic rings. The quantitative estimate of drug-likeness (QED) is 0.773. The lowest BCUT2D eigenvalue weighted by Crippen LogP contribution is -2.04. The smallest absolute Gasteiger partial charge is 0.0704 e. The normalized spacial score (nSPS) is 13.6. The lowest BCUT2D eigenvalue weighted by molar-refractivity contribution is 0.816. The minimum absolute atomic E-state index is 0.155. The molecule has 1 nitrogen and oxygen atoms in total. The molecule has 1 heterocycles. The zero-order valence-corrected chi connectivity index (χ0v) is 8.42. The third kappa shape index (κ3) is 1.59. The van der Waals surface area contributed by atoms with Crippen molar-refractivity contribution in [1.29, 1.82) is 0 Å². The maximum Gasteiger partial charge on any atom is 0.0704 e. The van der Waals surface area contributed by atoms with E-state index < -0.39 is 0 Å². The van der Waals surface area contributed by atoms with Crippen molar-refractivity contribution in [2.24, 2.45) is 5.73 Å². The van der Waals surface area contributed by atoms with E-state index in [2.05, 4.69) is 28.9 Å². The molecule has 0 aliphatic rings. The van der Waals surface area contributed by atoms with Gasteiger partial charge in [-0.15, -0.1) is 11.3 Å². The van der Waals surface area contributed by atoms with Crippen molar-refractivity contribution in [3.05, 3.63) is 20.3 Å². The predicted octanol–water partition coefficient (Wildman–Crippen LogP) is 2.84. The Bertz CT molecular complexity index is 230. The molecule has 0 aliphatic carbocycles. The van der Waals surface area contributed by atoms with Crippen LogP contribution in [0.25, 0.3) is 0 Å². The molecule has 1 atom stereocenters. The molecule has 0 saturated carbocycles. The molecule has 3 heteroatoms. The summed E-state index contributed by atoms with van der Waals surface area (Å²) in [5.41, 5.74) is 6.96. The summed E-state index contributed by atoms with van der Waals surface area (Å²) in [7, 11) is 0. The third-order valence-corrected chi connectivity index (χ3v) is 2.99. The molecule has 0 bridgehead atoms. The molecule has 0 radical (unpaired) electrons. The number of rotatable bonds is 1. The van der Waals surface area contributed by atoms with E-state index in [1.807, 2.05) is 6.92 Å². The summed E-state index contributed by atoms with van der Waals surface area (Å²) in [5.74, 6) is 0. The lowest BCUT2D eigenvalue weighted by Gasteiger charge is -2.01. The van der Waals surface area contributed by atoms with Crippen LogP contribution in [0.3, 0.4) is 0 Å². The molecule has 2 N–H and O–H groups in total. The zero-order valence-electron chi connectivity index (χ0n) is 6.02. The van der Waals surface area contributed by atoms with Crippen LogP contribution in [-0.4, -0.2) is 0 Å². The van der Waals surface area contributed by atoms with E-state index >= 15 is 0 Å². The highest BCUT2D eigenvalue weighted by Gasteiger charge is 2.06. The Morgan fingerprint density at radius 3 is 2.50 bits per heavy atom. The summed E-state index contributed by atoms with van der Waals surface area (Å²) in [6.07, 6.45) is 0. The van der Waals surface area contributed by atoms with Crippen molar-refractivity contribution >= 4 is 27.3 Å². The van der Waals surface area contributed by atoms with Gasteiger partial charge >= 0.3 is 0 Å². The van der Waals surface area contributed by atoms with Crippen LogP contribution in [0.5, 0.6) is 0 Å². The van der Waals surface area contributed by atoms with Gasteiger partial charge in [-0.2, -0.15) is 0 Å². The summed E-state index contributed by atoms with van der Waals surface area (Å²) < 4.78 is 1.16. The second kappa shape index (κ2) is 3.03. The second-order valence-electron chi connectivity index (χ2n) is 2.35. The Balaban J connectivity index is 3.03. The first kappa shape index (κ1) is 8.24. The van der Waals surface area contributed by atoms with Crippen LogP contribution in [-0.2, 0) is 0 Å².